The zero-order chi connectivity index (χ0) is 20.0. The van der Waals surface area contributed by atoms with Crippen LogP contribution in [-0.2, 0) is 4.79 Å². The van der Waals surface area contributed by atoms with Crippen LogP contribution >= 0.6 is 0 Å². The molecule has 2 rings (SSSR count). The first kappa shape index (κ1) is 20.4. The molecule has 0 unspecified atom stereocenters. The van der Waals surface area contributed by atoms with Crippen molar-refractivity contribution in [3.8, 4) is 17.2 Å². The molecule has 4 heteroatoms. The number of amides is 1. The number of allylic oxidation sites excluding steroid dienone is 1. The first-order chi connectivity index (χ1) is 12.9. The van der Waals surface area contributed by atoms with Crippen molar-refractivity contribution in [2.45, 2.75) is 40.5 Å². The van der Waals surface area contributed by atoms with Gasteiger partial charge in [0.05, 0.1) is 11.6 Å². The fourth-order valence-corrected chi connectivity index (χ4v) is 2.98. The minimum absolute atomic E-state index is 0.0916. The summed E-state index contributed by atoms with van der Waals surface area (Å²) >= 11 is 0. The van der Waals surface area contributed by atoms with Crippen LogP contribution < -0.4 is 5.32 Å². The molecule has 0 spiro atoms. The van der Waals surface area contributed by atoms with E-state index in [0.717, 1.165) is 40.7 Å². The molecule has 0 saturated carbocycles. The molecule has 1 N–H and O–H groups in total. The molecule has 0 bridgehead atoms. The summed E-state index contributed by atoms with van der Waals surface area (Å²) in [6.07, 6.45) is 1.96. The van der Waals surface area contributed by atoms with E-state index in [0.29, 0.717) is 17.7 Å². The van der Waals surface area contributed by atoms with Crippen LogP contribution in [0.25, 0.3) is 16.7 Å². The fraction of sp³-hybridized carbons (Fsp3) is 0.304. The van der Waals surface area contributed by atoms with Crippen LogP contribution in [0, 0.1) is 24.1 Å². The second-order valence-corrected chi connectivity index (χ2v) is 6.67. The molecular formula is C23H25FN2O. The van der Waals surface area contributed by atoms with Crippen molar-refractivity contribution in [2.75, 3.05) is 6.54 Å². The van der Waals surface area contributed by atoms with E-state index in [9.17, 15) is 14.4 Å². The quantitative estimate of drug-likeness (QED) is 0.552. The molecule has 0 aliphatic carbocycles. The molecule has 0 atom stereocenters. The first-order valence-corrected chi connectivity index (χ1v) is 9.15. The topological polar surface area (TPSA) is 52.9 Å². The van der Waals surface area contributed by atoms with Crippen molar-refractivity contribution < 1.29 is 9.18 Å². The molecule has 0 aliphatic heterocycles. The van der Waals surface area contributed by atoms with Crippen LogP contribution in [0.2, 0.25) is 0 Å². The van der Waals surface area contributed by atoms with Crippen LogP contribution in [0.4, 0.5) is 4.39 Å². The Morgan fingerprint density at radius 1 is 1.19 bits per heavy atom. The number of hydrogen-bond donors (Lipinski definition) is 1. The van der Waals surface area contributed by atoms with Gasteiger partial charge in [0.1, 0.15) is 5.82 Å². The van der Waals surface area contributed by atoms with Crippen molar-refractivity contribution >= 4 is 11.5 Å². The lowest BCUT2D eigenvalue weighted by atomic mass is 9.89. The Labute approximate surface area is 160 Å². The molecule has 0 radical (unpaired) electrons. The summed E-state index contributed by atoms with van der Waals surface area (Å²) in [5.41, 5.74) is 5.49. The highest BCUT2D eigenvalue weighted by Gasteiger charge is 2.15. The van der Waals surface area contributed by atoms with Gasteiger partial charge in [0.2, 0.25) is 5.91 Å². The monoisotopic (exact) mass is 364 g/mol. The van der Waals surface area contributed by atoms with E-state index >= 15 is 0 Å². The number of benzene rings is 2. The number of carbonyl (C=O) groups is 1. The van der Waals surface area contributed by atoms with Gasteiger partial charge >= 0.3 is 0 Å². The number of hydrogen-bond acceptors (Lipinski definition) is 2. The van der Waals surface area contributed by atoms with Gasteiger partial charge in [0, 0.05) is 12.1 Å². The zero-order valence-corrected chi connectivity index (χ0v) is 16.3. The molecule has 0 heterocycles. The van der Waals surface area contributed by atoms with Crippen LogP contribution in [0.3, 0.4) is 0 Å². The van der Waals surface area contributed by atoms with Gasteiger partial charge in [-0.25, -0.2) is 4.39 Å². The van der Waals surface area contributed by atoms with E-state index in [1.807, 2.05) is 13.8 Å². The summed E-state index contributed by atoms with van der Waals surface area (Å²) in [5.74, 6) is -0.394. The van der Waals surface area contributed by atoms with Gasteiger partial charge in [0.25, 0.3) is 0 Å². The third-order valence-corrected chi connectivity index (χ3v) is 4.82. The fourth-order valence-electron chi connectivity index (χ4n) is 2.98. The number of nitriles is 1. The van der Waals surface area contributed by atoms with Crippen LogP contribution in [-0.4, -0.2) is 12.5 Å². The van der Waals surface area contributed by atoms with E-state index in [1.165, 1.54) is 12.1 Å². The number of carbonyl (C=O) groups excluding carboxylic acids is 1. The summed E-state index contributed by atoms with van der Waals surface area (Å²) in [5, 5.41) is 12.4. The largest absolute Gasteiger partial charge is 0.352 e. The molecule has 1 amide bonds. The predicted octanol–water partition coefficient (Wildman–Crippen LogP) is 5.38. The zero-order valence-electron chi connectivity index (χ0n) is 16.3. The van der Waals surface area contributed by atoms with Crippen molar-refractivity contribution in [3.05, 3.63) is 64.5 Å². The van der Waals surface area contributed by atoms with Gasteiger partial charge in [-0.1, -0.05) is 25.5 Å². The Morgan fingerprint density at radius 2 is 1.85 bits per heavy atom. The molecular weight excluding hydrogens is 339 g/mol. The highest BCUT2D eigenvalue weighted by molar-refractivity contribution is 6.01. The molecule has 0 aliphatic rings. The van der Waals surface area contributed by atoms with Crippen molar-refractivity contribution in [2.24, 2.45) is 0 Å². The Bertz CT molecular complexity index is 905. The standard InChI is InChI=1S/C23H25FN2O/c1-5-6-11-26-23(27)16(3)15(2)21-12-18(14-25)13-22(17(21)4)19-7-9-20(24)10-8-19/h7-10,12-13H,5-6,11H2,1-4H3,(H,26,27)/b16-15+. The molecule has 2 aromatic rings. The van der Waals surface area contributed by atoms with Gasteiger partial charge in [-0.05, 0) is 79.3 Å². The second kappa shape index (κ2) is 9.14. The van der Waals surface area contributed by atoms with Gasteiger partial charge < -0.3 is 5.32 Å². The molecule has 3 nitrogen and oxygen atoms in total. The lowest BCUT2D eigenvalue weighted by molar-refractivity contribution is -0.117. The van der Waals surface area contributed by atoms with E-state index < -0.39 is 0 Å². The Hall–Kier alpha value is -2.93. The molecule has 27 heavy (non-hydrogen) atoms. The Balaban J connectivity index is 2.51. The molecule has 140 valence electrons. The minimum Gasteiger partial charge on any atom is -0.352 e. The summed E-state index contributed by atoms with van der Waals surface area (Å²) in [6, 6.07) is 12.0. The van der Waals surface area contributed by atoms with Crippen LogP contribution in [0.5, 0.6) is 0 Å². The van der Waals surface area contributed by atoms with Gasteiger partial charge in [-0.2, -0.15) is 5.26 Å². The average molecular weight is 364 g/mol. The summed E-state index contributed by atoms with van der Waals surface area (Å²) in [6.45, 7) is 8.38. The van der Waals surface area contributed by atoms with Gasteiger partial charge in [-0.15, -0.1) is 0 Å². The summed E-state index contributed by atoms with van der Waals surface area (Å²) in [4.78, 5) is 12.4. The normalized spacial score (nSPS) is 11.6. The van der Waals surface area contributed by atoms with E-state index in [-0.39, 0.29) is 11.7 Å². The van der Waals surface area contributed by atoms with Crippen LogP contribution in [0.1, 0.15) is 50.3 Å². The molecule has 2 aromatic carbocycles. The van der Waals surface area contributed by atoms with Gasteiger partial charge in [0.15, 0.2) is 0 Å². The van der Waals surface area contributed by atoms with E-state index in [1.54, 1.807) is 31.2 Å². The number of rotatable bonds is 6. The van der Waals surface area contributed by atoms with E-state index in [4.69, 9.17) is 0 Å². The minimum atomic E-state index is -0.302. The summed E-state index contributed by atoms with van der Waals surface area (Å²) in [7, 11) is 0. The van der Waals surface area contributed by atoms with Crippen LogP contribution in [0.15, 0.2) is 42.0 Å². The maximum Gasteiger partial charge on any atom is 0.247 e. The Kier molecular flexibility index (Phi) is 6.90. The maximum atomic E-state index is 13.3. The summed E-state index contributed by atoms with van der Waals surface area (Å²) < 4.78 is 13.3. The number of nitrogens with zero attached hydrogens (tertiary/aromatic N) is 1. The highest BCUT2D eigenvalue weighted by atomic mass is 19.1. The highest BCUT2D eigenvalue weighted by Crippen LogP contribution is 2.32. The second-order valence-electron chi connectivity index (χ2n) is 6.67. The molecule has 0 fully saturated rings. The Morgan fingerprint density at radius 3 is 2.44 bits per heavy atom. The lowest BCUT2D eigenvalue weighted by Gasteiger charge is -2.16. The third kappa shape index (κ3) is 4.83. The van der Waals surface area contributed by atoms with Crippen molar-refractivity contribution in [3.63, 3.8) is 0 Å². The first-order valence-electron chi connectivity index (χ1n) is 9.15. The SMILES string of the molecule is CCCCNC(=O)/C(C)=C(\C)c1cc(C#N)cc(-c2ccc(F)cc2)c1C. The smallest absolute Gasteiger partial charge is 0.247 e. The number of nitrogens with one attached hydrogen (secondary N) is 1. The predicted molar refractivity (Wildman–Crippen MR) is 107 cm³/mol. The third-order valence-electron chi connectivity index (χ3n) is 4.82. The van der Waals surface area contributed by atoms with Crippen molar-refractivity contribution in [1.82, 2.24) is 5.32 Å². The van der Waals surface area contributed by atoms with E-state index in [2.05, 4.69) is 18.3 Å². The average Bonchev–Trinajstić information content (AvgIpc) is 2.68. The number of unbranched alkanes of at least 4 members (excludes halogenated alkanes) is 1. The van der Waals surface area contributed by atoms with Gasteiger partial charge in [-0.3, -0.25) is 4.79 Å². The molecule has 0 aromatic heterocycles. The van der Waals surface area contributed by atoms with Crippen molar-refractivity contribution in [1.29, 1.82) is 5.26 Å². The lowest BCUT2D eigenvalue weighted by Crippen LogP contribution is -2.25. The molecule has 0 saturated heterocycles. The maximum absolute atomic E-state index is 13.3. The number of halogens is 1.